The fourth-order valence-electron chi connectivity index (χ4n) is 3.66. The maximum atomic E-state index is 3.81. The maximum Gasteiger partial charge on any atom is 0.0110 e. The highest BCUT2D eigenvalue weighted by molar-refractivity contribution is 4.91. The van der Waals surface area contributed by atoms with Crippen molar-refractivity contribution in [3.63, 3.8) is 0 Å². The van der Waals surface area contributed by atoms with E-state index in [0.717, 1.165) is 24.5 Å². The van der Waals surface area contributed by atoms with Gasteiger partial charge in [-0.2, -0.15) is 0 Å². The highest BCUT2D eigenvalue weighted by Gasteiger charge is 2.31. The van der Waals surface area contributed by atoms with Crippen LogP contribution in [0.15, 0.2) is 12.2 Å². The summed E-state index contributed by atoms with van der Waals surface area (Å²) in [4.78, 5) is 0. The van der Waals surface area contributed by atoms with Crippen molar-refractivity contribution < 1.29 is 0 Å². The lowest BCUT2D eigenvalue weighted by Gasteiger charge is -2.40. The van der Waals surface area contributed by atoms with E-state index in [-0.39, 0.29) is 0 Å². The summed E-state index contributed by atoms with van der Waals surface area (Å²) in [5, 5.41) is 7.58. The van der Waals surface area contributed by atoms with Crippen molar-refractivity contribution in [2.45, 2.75) is 70.4 Å². The molecule has 0 aromatic rings. The Morgan fingerprint density at radius 1 is 1.11 bits per heavy atom. The standard InChI is InChI=1S/C16H30N2/c1-2-3-7-12-17-15-10-5-4-9-14(15)16-11-6-8-13-18-16/h2-3,14-18H,4-13H2,1H3/b3-2+. The minimum Gasteiger partial charge on any atom is -0.314 e. The summed E-state index contributed by atoms with van der Waals surface area (Å²) < 4.78 is 0. The Labute approximate surface area is 113 Å². The van der Waals surface area contributed by atoms with Crippen molar-refractivity contribution >= 4 is 0 Å². The van der Waals surface area contributed by atoms with Gasteiger partial charge in [0.1, 0.15) is 0 Å². The molecule has 2 N–H and O–H groups in total. The lowest BCUT2D eigenvalue weighted by Crippen LogP contribution is -2.50. The molecular formula is C16H30N2. The average molecular weight is 250 g/mol. The van der Waals surface area contributed by atoms with Gasteiger partial charge in [0.2, 0.25) is 0 Å². The Bertz CT molecular complexity index is 243. The molecule has 2 aliphatic rings. The first-order valence-corrected chi connectivity index (χ1v) is 7.99. The predicted molar refractivity (Wildman–Crippen MR) is 78.8 cm³/mol. The molecule has 0 aromatic carbocycles. The zero-order valence-electron chi connectivity index (χ0n) is 12.0. The number of allylic oxidation sites excluding steroid dienone is 1. The fourth-order valence-corrected chi connectivity index (χ4v) is 3.66. The van der Waals surface area contributed by atoms with Gasteiger partial charge in [-0.3, -0.25) is 0 Å². The van der Waals surface area contributed by atoms with Gasteiger partial charge in [-0.1, -0.05) is 31.4 Å². The van der Waals surface area contributed by atoms with E-state index in [2.05, 4.69) is 29.7 Å². The first-order valence-electron chi connectivity index (χ1n) is 7.99. The van der Waals surface area contributed by atoms with Gasteiger partial charge in [0.25, 0.3) is 0 Å². The Kier molecular flexibility index (Phi) is 6.22. The first-order chi connectivity index (χ1) is 8.92. The van der Waals surface area contributed by atoms with Gasteiger partial charge in [-0.15, -0.1) is 0 Å². The monoisotopic (exact) mass is 250 g/mol. The van der Waals surface area contributed by atoms with Gasteiger partial charge >= 0.3 is 0 Å². The summed E-state index contributed by atoms with van der Waals surface area (Å²) in [6, 6.07) is 1.55. The second-order valence-corrected chi connectivity index (χ2v) is 5.92. The lowest BCUT2D eigenvalue weighted by atomic mass is 9.77. The van der Waals surface area contributed by atoms with Crippen LogP contribution in [0.2, 0.25) is 0 Å². The van der Waals surface area contributed by atoms with Crippen LogP contribution >= 0.6 is 0 Å². The van der Waals surface area contributed by atoms with Crippen LogP contribution in [0.5, 0.6) is 0 Å². The minimum absolute atomic E-state index is 0.764. The van der Waals surface area contributed by atoms with E-state index < -0.39 is 0 Å². The summed E-state index contributed by atoms with van der Waals surface area (Å²) in [7, 11) is 0. The van der Waals surface area contributed by atoms with E-state index in [1.54, 1.807) is 0 Å². The molecule has 0 aromatic heterocycles. The molecule has 0 spiro atoms. The summed E-state index contributed by atoms with van der Waals surface area (Å²) in [6.07, 6.45) is 15.5. The SMILES string of the molecule is C/C=C/CCNC1CCCCC1C1CCCCN1. The normalized spacial score (nSPS) is 33.9. The zero-order valence-corrected chi connectivity index (χ0v) is 12.0. The number of nitrogens with one attached hydrogen (secondary N) is 2. The average Bonchev–Trinajstić information content (AvgIpc) is 2.45. The molecular weight excluding hydrogens is 220 g/mol. The number of hydrogen-bond acceptors (Lipinski definition) is 2. The highest BCUT2D eigenvalue weighted by Crippen LogP contribution is 2.30. The molecule has 3 atom stereocenters. The quantitative estimate of drug-likeness (QED) is 0.578. The third-order valence-corrected chi connectivity index (χ3v) is 4.64. The summed E-state index contributed by atoms with van der Waals surface area (Å²) in [5.41, 5.74) is 0. The molecule has 0 amide bonds. The molecule has 18 heavy (non-hydrogen) atoms. The summed E-state index contributed by atoms with van der Waals surface area (Å²) >= 11 is 0. The molecule has 1 heterocycles. The van der Waals surface area contributed by atoms with Gasteiger partial charge in [0, 0.05) is 12.1 Å². The molecule has 2 heteroatoms. The lowest BCUT2D eigenvalue weighted by molar-refractivity contribution is 0.183. The number of rotatable bonds is 5. The van der Waals surface area contributed by atoms with Crippen molar-refractivity contribution in [3.8, 4) is 0 Å². The van der Waals surface area contributed by atoms with E-state index >= 15 is 0 Å². The van der Waals surface area contributed by atoms with Crippen LogP contribution < -0.4 is 10.6 Å². The third kappa shape index (κ3) is 4.10. The minimum atomic E-state index is 0.764. The molecule has 1 aliphatic heterocycles. The van der Waals surface area contributed by atoms with Crippen molar-refractivity contribution in [1.82, 2.24) is 10.6 Å². The van der Waals surface area contributed by atoms with Crippen LogP contribution in [0.25, 0.3) is 0 Å². The van der Waals surface area contributed by atoms with Gasteiger partial charge in [-0.05, 0) is 58.0 Å². The molecule has 0 radical (unpaired) electrons. The molecule has 3 unspecified atom stereocenters. The summed E-state index contributed by atoms with van der Waals surface area (Å²) in [5.74, 6) is 0.879. The smallest absolute Gasteiger partial charge is 0.0110 e. The van der Waals surface area contributed by atoms with Crippen molar-refractivity contribution in [3.05, 3.63) is 12.2 Å². The van der Waals surface area contributed by atoms with E-state index in [1.807, 2.05) is 0 Å². The van der Waals surface area contributed by atoms with Crippen molar-refractivity contribution in [2.24, 2.45) is 5.92 Å². The first kappa shape index (κ1) is 14.1. The molecule has 1 saturated heterocycles. The molecule has 2 fully saturated rings. The molecule has 104 valence electrons. The molecule has 0 bridgehead atoms. The van der Waals surface area contributed by atoms with E-state index in [9.17, 15) is 0 Å². The van der Waals surface area contributed by atoms with E-state index in [1.165, 1.54) is 57.9 Å². The predicted octanol–water partition coefficient (Wildman–Crippen LogP) is 3.24. The van der Waals surface area contributed by atoms with Crippen LogP contribution in [-0.2, 0) is 0 Å². The second-order valence-electron chi connectivity index (χ2n) is 5.92. The summed E-state index contributed by atoms with van der Waals surface area (Å²) in [6.45, 7) is 4.50. The van der Waals surface area contributed by atoms with Gasteiger partial charge < -0.3 is 10.6 Å². The van der Waals surface area contributed by atoms with Gasteiger partial charge in [0.15, 0.2) is 0 Å². The van der Waals surface area contributed by atoms with Crippen LogP contribution in [0.1, 0.15) is 58.3 Å². The largest absolute Gasteiger partial charge is 0.314 e. The van der Waals surface area contributed by atoms with Crippen LogP contribution in [0.4, 0.5) is 0 Å². The van der Waals surface area contributed by atoms with Crippen LogP contribution in [0.3, 0.4) is 0 Å². The third-order valence-electron chi connectivity index (χ3n) is 4.64. The van der Waals surface area contributed by atoms with Crippen molar-refractivity contribution in [2.75, 3.05) is 13.1 Å². The van der Waals surface area contributed by atoms with E-state index in [0.29, 0.717) is 0 Å². The Balaban J connectivity index is 1.80. The molecule has 1 saturated carbocycles. The Morgan fingerprint density at radius 3 is 2.72 bits per heavy atom. The number of hydrogen-bond donors (Lipinski definition) is 2. The van der Waals surface area contributed by atoms with Gasteiger partial charge in [0.05, 0.1) is 0 Å². The Hall–Kier alpha value is -0.340. The second kappa shape index (κ2) is 7.96. The molecule has 2 rings (SSSR count). The molecule has 1 aliphatic carbocycles. The van der Waals surface area contributed by atoms with Crippen molar-refractivity contribution in [1.29, 1.82) is 0 Å². The Morgan fingerprint density at radius 2 is 1.94 bits per heavy atom. The molecule has 2 nitrogen and oxygen atoms in total. The van der Waals surface area contributed by atoms with Crippen LogP contribution in [-0.4, -0.2) is 25.2 Å². The highest BCUT2D eigenvalue weighted by atomic mass is 15.0. The zero-order chi connectivity index (χ0) is 12.6. The number of piperidine rings is 1. The fraction of sp³-hybridized carbons (Fsp3) is 0.875. The van der Waals surface area contributed by atoms with Crippen LogP contribution in [0, 0.1) is 5.92 Å². The van der Waals surface area contributed by atoms with Gasteiger partial charge in [-0.25, -0.2) is 0 Å². The topological polar surface area (TPSA) is 24.1 Å². The van der Waals surface area contributed by atoms with E-state index in [4.69, 9.17) is 0 Å². The maximum absolute atomic E-state index is 3.81.